The predicted octanol–water partition coefficient (Wildman–Crippen LogP) is 1.79. The summed E-state index contributed by atoms with van der Waals surface area (Å²) in [7, 11) is 0. The molecule has 1 amide bonds. The molecule has 4 fully saturated rings. The first-order valence-electron chi connectivity index (χ1n) is 7.77. The van der Waals surface area contributed by atoms with E-state index >= 15 is 0 Å². The van der Waals surface area contributed by atoms with E-state index in [-0.39, 0.29) is 11.7 Å². The summed E-state index contributed by atoms with van der Waals surface area (Å²) in [6, 6.07) is 0. The Hall–Kier alpha value is -1.52. The number of nitrogen functional groups attached to an aromatic ring is 1. The molecular formula is C15H22N4O. The second-order valence-corrected chi connectivity index (χ2v) is 6.97. The van der Waals surface area contributed by atoms with E-state index < -0.39 is 0 Å². The molecule has 20 heavy (non-hydrogen) atoms. The smallest absolute Gasteiger partial charge is 0.271 e. The Labute approximate surface area is 118 Å². The van der Waals surface area contributed by atoms with Gasteiger partial charge in [0.15, 0.2) is 5.82 Å². The van der Waals surface area contributed by atoms with E-state index in [2.05, 4.69) is 15.3 Å². The van der Waals surface area contributed by atoms with Crippen molar-refractivity contribution in [2.45, 2.75) is 32.1 Å². The van der Waals surface area contributed by atoms with Crippen molar-refractivity contribution in [3.05, 3.63) is 12.0 Å². The van der Waals surface area contributed by atoms with Gasteiger partial charge >= 0.3 is 0 Å². The van der Waals surface area contributed by atoms with Gasteiger partial charge in [-0.1, -0.05) is 0 Å². The van der Waals surface area contributed by atoms with Crippen LogP contribution in [0.2, 0.25) is 0 Å². The molecule has 4 N–H and O–H groups in total. The van der Waals surface area contributed by atoms with Gasteiger partial charge in [0.2, 0.25) is 0 Å². The first-order valence-corrected chi connectivity index (χ1v) is 7.77. The van der Waals surface area contributed by atoms with Crippen molar-refractivity contribution in [3.63, 3.8) is 0 Å². The highest BCUT2D eigenvalue weighted by Gasteiger charge is 2.47. The largest absolute Gasteiger partial charge is 0.382 e. The van der Waals surface area contributed by atoms with Crippen molar-refractivity contribution in [2.24, 2.45) is 29.6 Å². The van der Waals surface area contributed by atoms with Crippen LogP contribution in [-0.2, 0) is 0 Å². The van der Waals surface area contributed by atoms with E-state index in [1.54, 1.807) is 0 Å². The number of carbonyl (C=O) groups excluding carboxylic acids is 1. The second kappa shape index (κ2) is 4.50. The molecule has 0 saturated heterocycles. The number of carbonyl (C=O) groups is 1. The van der Waals surface area contributed by atoms with Gasteiger partial charge in [-0.25, -0.2) is 4.98 Å². The van der Waals surface area contributed by atoms with Gasteiger partial charge in [-0.15, -0.1) is 0 Å². The Morgan fingerprint density at radius 2 is 1.90 bits per heavy atom. The van der Waals surface area contributed by atoms with E-state index in [9.17, 15) is 4.79 Å². The number of hydrogen-bond acceptors (Lipinski definition) is 3. The van der Waals surface area contributed by atoms with E-state index in [1.165, 1.54) is 38.4 Å². The first kappa shape index (κ1) is 12.2. The maximum atomic E-state index is 12.1. The molecule has 0 spiro atoms. The Balaban J connectivity index is 1.40. The normalized spacial score (nSPS) is 38.1. The number of nitrogens with one attached hydrogen (secondary N) is 2. The predicted molar refractivity (Wildman–Crippen MR) is 75.9 cm³/mol. The van der Waals surface area contributed by atoms with Crippen molar-refractivity contribution in [3.8, 4) is 0 Å². The van der Waals surface area contributed by atoms with Crippen LogP contribution in [-0.4, -0.2) is 22.4 Å². The van der Waals surface area contributed by atoms with Gasteiger partial charge in [0.25, 0.3) is 5.91 Å². The lowest BCUT2D eigenvalue weighted by molar-refractivity contribution is -0.0347. The van der Waals surface area contributed by atoms with E-state index in [1.807, 2.05) is 0 Å². The molecule has 4 aliphatic carbocycles. The summed E-state index contributed by atoms with van der Waals surface area (Å²) in [5.41, 5.74) is 6.06. The minimum atomic E-state index is -0.117. The number of hydrogen-bond donors (Lipinski definition) is 3. The van der Waals surface area contributed by atoms with Gasteiger partial charge < -0.3 is 16.0 Å². The van der Waals surface area contributed by atoms with Gasteiger partial charge in [0, 0.05) is 6.54 Å². The van der Waals surface area contributed by atoms with Crippen LogP contribution in [0.3, 0.4) is 0 Å². The number of rotatable bonds is 3. The minimum Gasteiger partial charge on any atom is -0.382 e. The van der Waals surface area contributed by atoms with Crippen LogP contribution in [0.25, 0.3) is 0 Å². The van der Waals surface area contributed by atoms with Gasteiger partial charge in [0.05, 0.1) is 6.33 Å². The standard InChI is InChI=1S/C15H22N4O/c16-14-13(18-7-19-14)15(20)17-6-12-10-2-8-1-9(4-10)5-11(12)3-8/h7-12H,1-6,16H2,(H,17,20)(H,18,19). The molecule has 1 heterocycles. The summed E-state index contributed by atoms with van der Waals surface area (Å²) in [5, 5.41) is 3.06. The van der Waals surface area contributed by atoms with Gasteiger partial charge in [0.1, 0.15) is 5.69 Å². The highest BCUT2D eigenvalue weighted by Crippen LogP contribution is 2.56. The average molecular weight is 274 g/mol. The van der Waals surface area contributed by atoms with Crippen LogP contribution >= 0.6 is 0 Å². The summed E-state index contributed by atoms with van der Waals surface area (Å²) in [6.07, 6.45) is 8.49. The number of anilines is 1. The zero-order chi connectivity index (χ0) is 13.7. The Morgan fingerprint density at radius 3 is 2.45 bits per heavy atom. The lowest BCUT2D eigenvalue weighted by Gasteiger charge is -2.54. The molecule has 0 radical (unpaired) electrons. The zero-order valence-corrected chi connectivity index (χ0v) is 11.6. The number of aromatic nitrogens is 2. The molecule has 0 aromatic carbocycles. The summed E-state index contributed by atoms with van der Waals surface area (Å²) in [4.78, 5) is 18.8. The average Bonchev–Trinajstić information content (AvgIpc) is 2.83. The van der Waals surface area contributed by atoms with Gasteiger partial charge in [-0.05, 0) is 61.7 Å². The quantitative estimate of drug-likeness (QED) is 0.785. The molecule has 0 atom stereocenters. The van der Waals surface area contributed by atoms with Crippen LogP contribution in [0.5, 0.6) is 0 Å². The molecule has 0 unspecified atom stereocenters. The molecule has 4 aliphatic rings. The number of H-pyrrole nitrogens is 1. The van der Waals surface area contributed by atoms with Crippen LogP contribution in [0, 0.1) is 29.6 Å². The number of nitrogens with two attached hydrogens (primary N) is 1. The van der Waals surface area contributed by atoms with Crippen LogP contribution in [0.15, 0.2) is 6.33 Å². The number of aromatic amines is 1. The van der Waals surface area contributed by atoms with Gasteiger partial charge in [-0.3, -0.25) is 4.79 Å². The fraction of sp³-hybridized carbons (Fsp3) is 0.733. The maximum absolute atomic E-state index is 12.1. The summed E-state index contributed by atoms with van der Waals surface area (Å²) in [5.74, 6) is 4.48. The SMILES string of the molecule is Nc1nc[nH]c1C(=O)NCC1C2CC3CC(C2)CC1C3. The Morgan fingerprint density at radius 1 is 1.25 bits per heavy atom. The third kappa shape index (κ3) is 1.91. The molecule has 4 saturated carbocycles. The number of imidazole rings is 1. The Bertz CT molecular complexity index is 496. The maximum Gasteiger partial charge on any atom is 0.271 e. The molecule has 5 nitrogen and oxygen atoms in total. The highest BCUT2D eigenvalue weighted by molar-refractivity contribution is 5.96. The molecule has 0 aliphatic heterocycles. The summed E-state index contributed by atoms with van der Waals surface area (Å²) in [6.45, 7) is 0.798. The van der Waals surface area contributed by atoms with Crippen LogP contribution in [0.1, 0.15) is 42.6 Å². The third-order valence-corrected chi connectivity index (χ3v) is 5.82. The fourth-order valence-electron chi connectivity index (χ4n) is 5.16. The van der Waals surface area contributed by atoms with Crippen LogP contribution in [0.4, 0.5) is 5.82 Å². The van der Waals surface area contributed by atoms with Crippen molar-refractivity contribution < 1.29 is 4.79 Å². The molecule has 1 aromatic heterocycles. The third-order valence-electron chi connectivity index (χ3n) is 5.82. The highest BCUT2D eigenvalue weighted by atomic mass is 16.1. The minimum absolute atomic E-state index is 0.117. The lowest BCUT2D eigenvalue weighted by atomic mass is 9.52. The number of amides is 1. The molecule has 1 aromatic rings. The molecule has 108 valence electrons. The zero-order valence-electron chi connectivity index (χ0n) is 11.6. The van der Waals surface area contributed by atoms with Crippen molar-refractivity contribution >= 4 is 11.7 Å². The molecular weight excluding hydrogens is 252 g/mol. The lowest BCUT2D eigenvalue weighted by Crippen LogP contribution is -2.49. The van der Waals surface area contributed by atoms with E-state index in [0.29, 0.717) is 11.6 Å². The summed E-state index contributed by atoms with van der Waals surface area (Å²) >= 11 is 0. The van der Waals surface area contributed by atoms with Crippen molar-refractivity contribution in [2.75, 3.05) is 12.3 Å². The number of nitrogens with zero attached hydrogens (tertiary/aromatic N) is 1. The second-order valence-electron chi connectivity index (χ2n) is 6.97. The first-order chi connectivity index (χ1) is 9.70. The Kier molecular flexibility index (Phi) is 2.75. The van der Waals surface area contributed by atoms with E-state index in [4.69, 9.17) is 5.73 Å². The molecule has 5 heteroatoms. The topological polar surface area (TPSA) is 83.8 Å². The summed E-state index contributed by atoms with van der Waals surface area (Å²) < 4.78 is 0. The van der Waals surface area contributed by atoms with E-state index in [0.717, 1.165) is 30.2 Å². The van der Waals surface area contributed by atoms with Crippen molar-refractivity contribution in [1.82, 2.24) is 15.3 Å². The van der Waals surface area contributed by atoms with Crippen molar-refractivity contribution in [1.29, 1.82) is 0 Å². The monoisotopic (exact) mass is 274 g/mol. The molecule has 4 bridgehead atoms. The van der Waals surface area contributed by atoms with Gasteiger partial charge in [-0.2, -0.15) is 0 Å². The van der Waals surface area contributed by atoms with Crippen LogP contribution < -0.4 is 11.1 Å². The fourth-order valence-corrected chi connectivity index (χ4v) is 5.16. The molecule has 5 rings (SSSR count).